The predicted molar refractivity (Wildman–Crippen MR) is 71.0 cm³/mol. The fourth-order valence-corrected chi connectivity index (χ4v) is 2.68. The van der Waals surface area contributed by atoms with E-state index in [1.165, 1.54) is 29.7 Å². The molecule has 1 heterocycles. The Balaban J connectivity index is 2.40. The van der Waals surface area contributed by atoms with Gasteiger partial charge in [-0.05, 0) is 24.3 Å². The van der Waals surface area contributed by atoms with Gasteiger partial charge in [0, 0.05) is 13.2 Å². The van der Waals surface area contributed by atoms with Gasteiger partial charge in [0.15, 0.2) is 0 Å². The van der Waals surface area contributed by atoms with Crippen molar-refractivity contribution in [2.45, 2.75) is 4.90 Å². The van der Waals surface area contributed by atoms with E-state index in [1.807, 2.05) is 12.1 Å². The van der Waals surface area contributed by atoms with Crippen LogP contribution in [0, 0.1) is 11.3 Å². The van der Waals surface area contributed by atoms with Crippen LogP contribution in [0.1, 0.15) is 5.69 Å². The molecule has 0 spiro atoms. The van der Waals surface area contributed by atoms with Crippen LogP contribution in [0.5, 0.6) is 0 Å². The quantitative estimate of drug-likeness (QED) is 0.854. The van der Waals surface area contributed by atoms with Gasteiger partial charge in [-0.2, -0.15) is 5.26 Å². The van der Waals surface area contributed by atoms with Gasteiger partial charge in [0.2, 0.25) is 0 Å². The van der Waals surface area contributed by atoms with E-state index in [-0.39, 0.29) is 10.6 Å². The summed E-state index contributed by atoms with van der Waals surface area (Å²) < 4.78 is 25.8. The number of anilines is 1. The zero-order chi connectivity index (χ0) is 13.9. The third kappa shape index (κ3) is 2.56. The predicted octanol–water partition coefficient (Wildman–Crippen LogP) is 1.78. The second-order valence-electron chi connectivity index (χ2n) is 3.80. The molecule has 2 rings (SSSR count). The van der Waals surface area contributed by atoms with Crippen LogP contribution in [-0.2, 0) is 10.0 Å². The lowest BCUT2D eigenvalue weighted by Gasteiger charge is -2.19. The van der Waals surface area contributed by atoms with Crippen molar-refractivity contribution in [3.8, 4) is 6.07 Å². The molecule has 0 saturated heterocycles. The number of pyridine rings is 1. The number of nitriles is 1. The zero-order valence-corrected chi connectivity index (χ0v) is 11.0. The summed E-state index contributed by atoms with van der Waals surface area (Å²) in [6, 6.07) is 13.3. The molecule has 0 fully saturated rings. The van der Waals surface area contributed by atoms with Gasteiger partial charge in [-0.15, -0.1) is 0 Å². The number of sulfonamides is 1. The number of para-hydroxylation sites is 1. The van der Waals surface area contributed by atoms with Crippen molar-refractivity contribution in [1.29, 1.82) is 5.26 Å². The molecule has 0 unspecified atom stereocenters. The Hall–Kier alpha value is -2.39. The molecular formula is C13H11N3O2S. The normalized spacial score (nSPS) is 10.7. The maximum Gasteiger partial charge on any atom is 0.265 e. The summed E-state index contributed by atoms with van der Waals surface area (Å²) in [5.41, 5.74) is 0.744. The number of hydrogen-bond donors (Lipinski definition) is 0. The molecule has 19 heavy (non-hydrogen) atoms. The van der Waals surface area contributed by atoms with E-state index < -0.39 is 10.0 Å². The smallest absolute Gasteiger partial charge is 0.265 e. The van der Waals surface area contributed by atoms with Gasteiger partial charge in [-0.25, -0.2) is 13.4 Å². The van der Waals surface area contributed by atoms with Gasteiger partial charge in [-0.3, -0.25) is 4.31 Å². The van der Waals surface area contributed by atoms with Crippen LogP contribution in [0.25, 0.3) is 0 Å². The van der Waals surface area contributed by atoms with Crippen molar-refractivity contribution >= 4 is 15.7 Å². The summed E-state index contributed by atoms with van der Waals surface area (Å²) in [5, 5.41) is 8.65. The monoisotopic (exact) mass is 273 g/mol. The number of rotatable bonds is 3. The second-order valence-corrected chi connectivity index (χ2v) is 5.77. The Bertz CT molecular complexity index is 704. The molecule has 0 amide bonds. The minimum Gasteiger partial charge on any atom is -0.269 e. The fourth-order valence-electron chi connectivity index (χ4n) is 1.53. The molecule has 2 aromatic rings. The largest absolute Gasteiger partial charge is 0.269 e. The van der Waals surface area contributed by atoms with Crippen molar-refractivity contribution in [3.05, 3.63) is 54.4 Å². The highest BCUT2D eigenvalue weighted by molar-refractivity contribution is 7.92. The van der Waals surface area contributed by atoms with Crippen LogP contribution in [0.3, 0.4) is 0 Å². The summed E-state index contributed by atoms with van der Waals surface area (Å²) in [7, 11) is -2.18. The molecule has 6 heteroatoms. The number of benzene rings is 1. The molecular weight excluding hydrogens is 262 g/mol. The number of nitrogens with zero attached hydrogens (tertiary/aromatic N) is 3. The van der Waals surface area contributed by atoms with Crippen LogP contribution in [-0.4, -0.2) is 20.4 Å². The Morgan fingerprint density at radius 1 is 1.16 bits per heavy atom. The van der Waals surface area contributed by atoms with E-state index in [1.54, 1.807) is 24.3 Å². The summed E-state index contributed by atoms with van der Waals surface area (Å²) in [4.78, 5) is 3.83. The van der Waals surface area contributed by atoms with E-state index in [0.29, 0.717) is 5.69 Å². The standard InChI is InChI=1S/C13H11N3O2S/c1-16(12-5-3-2-4-6-12)19(17,18)13-8-7-11(9-14)15-10-13/h2-8,10H,1H3. The Morgan fingerprint density at radius 3 is 2.37 bits per heavy atom. The lowest BCUT2D eigenvalue weighted by atomic mass is 10.3. The fraction of sp³-hybridized carbons (Fsp3) is 0.0769. The maximum absolute atomic E-state index is 12.3. The van der Waals surface area contributed by atoms with E-state index in [0.717, 1.165) is 0 Å². The Labute approximate surface area is 111 Å². The molecule has 0 bridgehead atoms. The second kappa shape index (κ2) is 5.08. The lowest BCUT2D eigenvalue weighted by molar-refractivity contribution is 0.594. The Morgan fingerprint density at radius 2 is 1.84 bits per heavy atom. The third-order valence-electron chi connectivity index (χ3n) is 2.63. The van der Waals surface area contributed by atoms with Crippen molar-refractivity contribution in [3.63, 3.8) is 0 Å². The van der Waals surface area contributed by atoms with Crippen LogP contribution in [0.2, 0.25) is 0 Å². The van der Waals surface area contributed by atoms with Gasteiger partial charge in [0.1, 0.15) is 16.7 Å². The third-order valence-corrected chi connectivity index (χ3v) is 4.40. The van der Waals surface area contributed by atoms with Crippen molar-refractivity contribution in [2.24, 2.45) is 0 Å². The zero-order valence-electron chi connectivity index (χ0n) is 10.2. The minimum atomic E-state index is -3.66. The molecule has 0 aliphatic carbocycles. The van der Waals surface area contributed by atoms with Crippen LogP contribution in [0.4, 0.5) is 5.69 Å². The topological polar surface area (TPSA) is 74.1 Å². The van der Waals surface area contributed by atoms with E-state index in [9.17, 15) is 8.42 Å². The molecule has 0 aliphatic heterocycles. The van der Waals surface area contributed by atoms with Crippen LogP contribution >= 0.6 is 0 Å². The molecule has 0 saturated carbocycles. The van der Waals surface area contributed by atoms with Crippen molar-refractivity contribution in [1.82, 2.24) is 4.98 Å². The maximum atomic E-state index is 12.3. The molecule has 1 aromatic heterocycles. The first kappa shape index (κ1) is 13.1. The van der Waals surface area contributed by atoms with E-state index in [4.69, 9.17) is 5.26 Å². The SMILES string of the molecule is CN(c1ccccc1)S(=O)(=O)c1ccc(C#N)nc1. The first-order valence-corrected chi connectivity index (χ1v) is 6.90. The molecule has 0 N–H and O–H groups in total. The first-order chi connectivity index (χ1) is 9.05. The lowest BCUT2D eigenvalue weighted by Crippen LogP contribution is -2.26. The number of hydrogen-bond acceptors (Lipinski definition) is 4. The highest BCUT2D eigenvalue weighted by atomic mass is 32.2. The molecule has 0 aliphatic rings. The van der Waals surface area contributed by atoms with Crippen molar-refractivity contribution in [2.75, 3.05) is 11.4 Å². The average Bonchev–Trinajstić information content (AvgIpc) is 2.47. The summed E-state index contributed by atoms with van der Waals surface area (Å²) >= 11 is 0. The van der Waals surface area contributed by atoms with Gasteiger partial charge in [-0.1, -0.05) is 18.2 Å². The van der Waals surface area contributed by atoms with E-state index >= 15 is 0 Å². The van der Waals surface area contributed by atoms with Gasteiger partial charge >= 0.3 is 0 Å². The van der Waals surface area contributed by atoms with Gasteiger partial charge in [0.25, 0.3) is 10.0 Å². The summed E-state index contributed by atoms with van der Waals surface area (Å²) in [6.45, 7) is 0. The molecule has 0 radical (unpaired) electrons. The van der Waals surface area contributed by atoms with Crippen LogP contribution < -0.4 is 4.31 Å². The average molecular weight is 273 g/mol. The summed E-state index contributed by atoms with van der Waals surface area (Å²) in [5.74, 6) is 0. The number of aromatic nitrogens is 1. The van der Waals surface area contributed by atoms with Crippen molar-refractivity contribution < 1.29 is 8.42 Å². The van der Waals surface area contributed by atoms with Gasteiger partial charge in [0.05, 0.1) is 5.69 Å². The molecule has 5 nitrogen and oxygen atoms in total. The van der Waals surface area contributed by atoms with Crippen LogP contribution in [0.15, 0.2) is 53.6 Å². The van der Waals surface area contributed by atoms with Gasteiger partial charge < -0.3 is 0 Å². The Kier molecular flexibility index (Phi) is 3.49. The molecule has 1 aromatic carbocycles. The highest BCUT2D eigenvalue weighted by Crippen LogP contribution is 2.20. The highest BCUT2D eigenvalue weighted by Gasteiger charge is 2.21. The first-order valence-electron chi connectivity index (χ1n) is 5.46. The molecule has 96 valence electrons. The summed E-state index contributed by atoms with van der Waals surface area (Å²) in [6.07, 6.45) is 1.19. The van der Waals surface area contributed by atoms with E-state index in [2.05, 4.69) is 4.98 Å². The molecule has 0 atom stereocenters. The minimum absolute atomic E-state index is 0.0536.